The molecule has 3 rings (SSSR count). The fourth-order valence-corrected chi connectivity index (χ4v) is 3.20. The third kappa shape index (κ3) is 2.52. The van der Waals surface area contributed by atoms with Crippen molar-refractivity contribution < 1.29 is 14.7 Å². The van der Waals surface area contributed by atoms with Crippen molar-refractivity contribution in [3.8, 4) is 0 Å². The second-order valence-corrected chi connectivity index (χ2v) is 6.67. The molecule has 2 fully saturated rings. The number of nitrogens with zero attached hydrogens (tertiary/aromatic N) is 2. The predicted octanol–water partition coefficient (Wildman–Crippen LogP) is 1.93. The van der Waals surface area contributed by atoms with Gasteiger partial charge < -0.3 is 10.0 Å². The molecule has 2 aliphatic carbocycles. The van der Waals surface area contributed by atoms with Gasteiger partial charge in [0.05, 0.1) is 11.8 Å². The maximum absolute atomic E-state index is 12.8. The van der Waals surface area contributed by atoms with Gasteiger partial charge in [-0.25, -0.2) is 0 Å². The molecular formula is C16H20N2O3. The van der Waals surface area contributed by atoms with E-state index in [2.05, 4.69) is 4.98 Å². The first-order valence-electron chi connectivity index (χ1n) is 7.35. The van der Waals surface area contributed by atoms with Crippen LogP contribution in [0.5, 0.6) is 0 Å². The molecule has 0 saturated heterocycles. The minimum Gasteiger partial charge on any atom is -0.481 e. The summed E-state index contributed by atoms with van der Waals surface area (Å²) in [5.41, 5.74) is 0.549. The second kappa shape index (κ2) is 4.83. The molecule has 0 aromatic carbocycles. The van der Waals surface area contributed by atoms with E-state index in [-0.39, 0.29) is 11.9 Å². The highest BCUT2D eigenvalue weighted by Crippen LogP contribution is 2.59. The lowest BCUT2D eigenvalue weighted by atomic mass is 10.1. The summed E-state index contributed by atoms with van der Waals surface area (Å²) >= 11 is 0. The first-order chi connectivity index (χ1) is 9.93. The molecule has 0 radical (unpaired) electrons. The Hall–Kier alpha value is -1.91. The summed E-state index contributed by atoms with van der Waals surface area (Å²) < 4.78 is 0. The smallest absolute Gasteiger partial charge is 0.307 e. The lowest BCUT2D eigenvalue weighted by Crippen LogP contribution is -2.35. The maximum atomic E-state index is 12.8. The third-order valence-electron chi connectivity index (χ3n) is 4.71. The van der Waals surface area contributed by atoms with Gasteiger partial charge in [0, 0.05) is 25.0 Å². The molecule has 1 amide bonds. The molecule has 5 heteroatoms. The molecular weight excluding hydrogens is 268 g/mol. The fraction of sp³-hybridized carbons (Fsp3) is 0.562. The van der Waals surface area contributed by atoms with Crippen LogP contribution < -0.4 is 0 Å². The van der Waals surface area contributed by atoms with Gasteiger partial charge in [0.2, 0.25) is 5.91 Å². The van der Waals surface area contributed by atoms with Gasteiger partial charge >= 0.3 is 5.97 Å². The molecule has 0 bridgehead atoms. The Morgan fingerprint density at radius 3 is 2.57 bits per heavy atom. The Morgan fingerprint density at radius 2 is 2.10 bits per heavy atom. The van der Waals surface area contributed by atoms with E-state index in [1.54, 1.807) is 12.4 Å². The molecule has 1 aromatic heterocycles. The van der Waals surface area contributed by atoms with Gasteiger partial charge in [-0.3, -0.25) is 14.6 Å². The van der Waals surface area contributed by atoms with Gasteiger partial charge in [-0.15, -0.1) is 0 Å². The molecule has 1 aromatic rings. The normalized spacial score (nSPS) is 26.2. The van der Waals surface area contributed by atoms with E-state index in [1.807, 2.05) is 30.9 Å². The Bertz CT molecular complexity index is 566. The zero-order valence-electron chi connectivity index (χ0n) is 12.3. The predicted molar refractivity (Wildman–Crippen MR) is 76.2 cm³/mol. The van der Waals surface area contributed by atoms with E-state index in [1.165, 1.54) is 0 Å². The number of rotatable bonds is 5. The van der Waals surface area contributed by atoms with Gasteiger partial charge in [-0.1, -0.05) is 19.9 Å². The van der Waals surface area contributed by atoms with E-state index in [0.29, 0.717) is 6.54 Å². The number of carbonyl (C=O) groups is 2. The topological polar surface area (TPSA) is 70.5 Å². The van der Waals surface area contributed by atoms with Crippen molar-refractivity contribution in [3.63, 3.8) is 0 Å². The molecule has 2 saturated carbocycles. The monoisotopic (exact) mass is 288 g/mol. The van der Waals surface area contributed by atoms with Crippen LogP contribution in [0.3, 0.4) is 0 Å². The molecule has 2 atom stereocenters. The Labute approximate surface area is 124 Å². The van der Waals surface area contributed by atoms with Crippen LogP contribution in [0, 0.1) is 17.3 Å². The number of carboxylic acids is 1. The Kier molecular flexibility index (Phi) is 3.23. The van der Waals surface area contributed by atoms with Gasteiger partial charge in [0.25, 0.3) is 0 Å². The van der Waals surface area contributed by atoms with E-state index in [9.17, 15) is 14.7 Å². The molecule has 1 N–H and O–H groups in total. The highest BCUT2D eigenvalue weighted by atomic mass is 16.4. The minimum absolute atomic E-state index is 0.0150. The summed E-state index contributed by atoms with van der Waals surface area (Å²) in [7, 11) is 0. The average molecular weight is 288 g/mol. The highest BCUT2D eigenvalue weighted by Gasteiger charge is 2.67. The molecule has 112 valence electrons. The molecule has 5 nitrogen and oxygen atoms in total. The van der Waals surface area contributed by atoms with E-state index >= 15 is 0 Å². The minimum atomic E-state index is -0.865. The zero-order valence-corrected chi connectivity index (χ0v) is 12.3. The Balaban J connectivity index is 1.76. The van der Waals surface area contributed by atoms with Crippen LogP contribution in [0.25, 0.3) is 0 Å². The van der Waals surface area contributed by atoms with Crippen molar-refractivity contribution in [1.29, 1.82) is 0 Å². The molecule has 1 heterocycles. The van der Waals surface area contributed by atoms with Crippen LogP contribution in [0.2, 0.25) is 0 Å². The van der Waals surface area contributed by atoms with Crippen molar-refractivity contribution in [1.82, 2.24) is 9.88 Å². The highest BCUT2D eigenvalue weighted by molar-refractivity contribution is 5.92. The summed E-state index contributed by atoms with van der Waals surface area (Å²) in [5, 5.41) is 9.25. The number of amides is 1. The van der Waals surface area contributed by atoms with Crippen LogP contribution in [-0.4, -0.2) is 32.9 Å². The van der Waals surface area contributed by atoms with Crippen molar-refractivity contribution >= 4 is 11.9 Å². The SMILES string of the molecule is CC1(C)C(C(=O)O)C1C(=O)N(Cc1cccnc1)C1CC1. The summed E-state index contributed by atoms with van der Waals surface area (Å²) in [6, 6.07) is 4.07. The number of carbonyl (C=O) groups excluding carboxylic acids is 1. The molecule has 2 unspecified atom stereocenters. The lowest BCUT2D eigenvalue weighted by molar-refractivity contribution is -0.142. The zero-order chi connectivity index (χ0) is 15.2. The second-order valence-electron chi connectivity index (χ2n) is 6.67. The van der Waals surface area contributed by atoms with Crippen molar-refractivity contribution in [2.24, 2.45) is 17.3 Å². The molecule has 2 aliphatic rings. The fourth-order valence-electron chi connectivity index (χ4n) is 3.20. The molecule has 0 aliphatic heterocycles. The quantitative estimate of drug-likeness (QED) is 0.898. The first-order valence-corrected chi connectivity index (χ1v) is 7.35. The van der Waals surface area contributed by atoms with Crippen LogP contribution in [-0.2, 0) is 16.1 Å². The standard InChI is InChI=1S/C16H20N2O3/c1-16(2)12(13(16)15(20)21)14(19)18(11-5-6-11)9-10-4-3-7-17-8-10/h3-4,7-8,11-13H,5-6,9H2,1-2H3,(H,20,21). The van der Waals surface area contributed by atoms with Gasteiger partial charge in [0.15, 0.2) is 0 Å². The number of aliphatic carboxylic acids is 1. The summed E-state index contributed by atoms with van der Waals surface area (Å²) in [4.78, 5) is 30.0. The van der Waals surface area contributed by atoms with Gasteiger partial charge in [-0.05, 0) is 29.9 Å². The van der Waals surface area contributed by atoms with E-state index < -0.39 is 23.2 Å². The summed E-state index contributed by atoms with van der Waals surface area (Å²) in [6.45, 7) is 4.25. The third-order valence-corrected chi connectivity index (χ3v) is 4.71. The average Bonchev–Trinajstić information content (AvgIpc) is 3.32. The van der Waals surface area contributed by atoms with Crippen LogP contribution >= 0.6 is 0 Å². The molecule has 0 spiro atoms. The number of aromatic nitrogens is 1. The number of carboxylic acid groups (broad SMARTS) is 1. The van der Waals surface area contributed by atoms with Crippen LogP contribution in [0.4, 0.5) is 0 Å². The number of hydrogen-bond acceptors (Lipinski definition) is 3. The van der Waals surface area contributed by atoms with Crippen molar-refractivity contribution in [2.75, 3.05) is 0 Å². The Morgan fingerprint density at radius 1 is 1.38 bits per heavy atom. The largest absolute Gasteiger partial charge is 0.481 e. The molecule has 21 heavy (non-hydrogen) atoms. The lowest BCUT2D eigenvalue weighted by Gasteiger charge is -2.23. The van der Waals surface area contributed by atoms with Gasteiger partial charge in [0.1, 0.15) is 0 Å². The van der Waals surface area contributed by atoms with Crippen LogP contribution in [0.15, 0.2) is 24.5 Å². The summed E-state index contributed by atoms with van der Waals surface area (Å²) in [5.74, 6) is -1.83. The van der Waals surface area contributed by atoms with Crippen molar-refractivity contribution in [3.05, 3.63) is 30.1 Å². The number of hydrogen-bond donors (Lipinski definition) is 1. The van der Waals surface area contributed by atoms with Crippen LogP contribution in [0.1, 0.15) is 32.3 Å². The van der Waals surface area contributed by atoms with Crippen molar-refractivity contribution in [2.45, 2.75) is 39.3 Å². The van der Waals surface area contributed by atoms with E-state index in [4.69, 9.17) is 0 Å². The summed E-state index contributed by atoms with van der Waals surface area (Å²) in [6.07, 6.45) is 5.49. The number of pyridine rings is 1. The first kappa shape index (κ1) is 14.0. The van der Waals surface area contributed by atoms with Gasteiger partial charge in [-0.2, -0.15) is 0 Å². The maximum Gasteiger partial charge on any atom is 0.307 e. The van der Waals surface area contributed by atoms with E-state index in [0.717, 1.165) is 18.4 Å².